The number of fused-ring (bicyclic) bond motifs is 1. The molecular weight excluding hydrogens is 853 g/mol. The van der Waals surface area contributed by atoms with Gasteiger partial charge in [0.2, 0.25) is 23.7 Å². The Balaban J connectivity index is 0.987. The number of hydrogen-bond acceptors (Lipinski definition) is 14. The molecule has 4 aromatic rings. The van der Waals surface area contributed by atoms with E-state index in [0.29, 0.717) is 54.6 Å². The van der Waals surface area contributed by atoms with Crippen LogP contribution in [0.5, 0.6) is 0 Å². The van der Waals surface area contributed by atoms with Gasteiger partial charge in [0.05, 0.1) is 11.9 Å². The first kappa shape index (κ1) is 49.2. The summed E-state index contributed by atoms with van der Waals surface area (Å²) in [6, 6.07) is 9.68. The lowest BCUT2D eigenvalue weighted by Gasteiger charge is -2.24. The molecule has 0 saturated carbocycles. The van der Waals surface area contributed by atoms with E-state index < -0.39 is 47.7 Å². The molecule has 10 N–H and O–H groups in total. The number of aliphatic carboxylic acids is 1. The fraction of sp³-hybridized carbons (Fsp3) is 0.378. The van der Waals surface area contributed by atoms with E-state index in [0.717, 1.165) is 10.5 Å². The second-order valence-electron chi connectivity index (χ2n) is 16.0. The van der Waals surface area contributed by atoms with Crippen LogP contribution in [0.4, 0.5) is 17.5 Å². The first-order valence-corrected chi connectivity index (χ1v) is 21.5. The van der Waals surface area contributed by atoms with Gasteiger partial charge in [-0.25, -0.2) is 14.8 Å². The van der Waals surface area contributed by atoms with Crippen molar-refractivity contribution >= 4 is 75.9 Å². The third-order valence-electron chi connectivity index (χ3n) is 10.6. The van der Waals surface area contributed by atoms with Crippen molar-refractivity contribution in [1.82, 2.24) is 46.1 Å². The normalized spacial score (nSPS) is 13.5. The standard InChI is InChI=1S/C45H54N12O9/c1-25(2)36(54-33(58)9-5-4-6-23-57-34(59)20-21-35(57)60)43(64)50-26(3)40(61)52-30-18-15-28(16-19-30)41(62)48-22-7-8-32(44(65)66)53-42(63)29-13-10-27(11-14-29)12-17-31-24-49-39-37(51-31)38(46)55-45(47)56-39/h10-11,13-16,18-21,24-26,32,36H,4-9,12,17,22-23H2,1-3H3,(H,48,62)(H,50,64)(H,52,61)(H,53,63)(H,54,58)(H,65,66)(H4,46,47,49,55,56)/t26-,32-,36?/m0/s1. The van der Waals surface area contributed by atoms with Gasteiger partial charge in [0.25, 0.3) is 23.6 Å². The van der Waals surface area contributed by atoms with Gasteiger partial charge in [-0.1, -0.05) is 32.4 Å². The molecule has 3 heterocycles. The van der Waals surface area contributed by atoms with Crippen molar-refractivity contribution in [1.29, 1.82) is 0 Å². The van der Waals surface area contributed by atoms with Crippen LogP contribution in [0.15, 0.2) is 66.9 Å². The number of unbranched alkanes of at least 4 members (excludes halogenated alkanes) is 2. The second-order valence-corrected chi connectivity index (χ2v) is 16.0. The van der Waals surface area contributed by atoms with Crippen LogP contribution in [0, 0.1) is 5.92 Å². The van der Waals surface area contributed by atoms with Crippen molar-refractivity contribution in [2.45, 2.75) is 90.3 Å². The van der Waals surface area contributed by atoms with Crippen molar-refractivity contribution in [3.8, 4) is 0 Å². The van der Waals surface area contributed by atoms with Crippen molar-refractivity contribution in [3.63, 3.8) is 0 Å². The highest BCUT2D eigenvalue weighted by atomic mass is 16.4. The zero-order chi connectivity index (χ0) is 47.9. The number of amides is 7. The summed E-state index contributed by atoms with van der Waals surface area (Å²) in [7, 11) is 0. The van der Waals surface area contributed by atoms with Crippen LogP contribution < -0.4 is 38.1 Å². The summed E-state index contributed by atoms with van der Waals surface area (Å²) in [4.78, 5) is 118. The molecule has 1 unspecified atom stereocenters. The summed E-state index contributed by atoms with van der Waals surface area (Å²) in [6.45, 7) is 5.42. The third-order valence-corrected chi connectivity index (χ3v) is 10.6. The maximum atomic E-state index is 13.1. The van der Waals surface area contributed by atoms with Crippen molar-refractivity contribution in [3.05, 3.63) is 89.3 Å². The van der Waals surface area contributed by atoms with Crippen LogP contribution in [-0.4, -0.2) is 108 Å². The van der Waals surface area contributed by atoms with Gasteiger partial charge >= 0.3 is 5.97 Å². The van der Waals surface area contributed by atoms with Gasteiger partial charge in [-0.05, 0) is 93.3 Å². The van der Waals surface area contributed by atoms with E-state index in [1.807, 2.05) is 0 Å². The maximum absolute atomic E-state index is 13.1. The van der Waals surface area contributed by atoms with Gasteiger partial charge in [0.15, 0.2) is 17.0 Å². The molecule has 0 radical (unpaired) electrons. The Labute approximate surface area is 380 Å². The SMILES string of the molecule is CC(C)C(NC(=O)CCCCCN1C(=O)C=CC1=O)C(=O)N[C@@H](C)C(=O)Nc1ccc(C(=O)NCCC[C@H](NC(=O)c2ccc(CCc3cnc4nc(N)nc(N)c4n3)cc2)C(=O)O)cc1. The molecule has 0 spiro atoms. The van der Waals surface area contributed by atoms with Crippen LogP contribution in [0.2, 0.25) is 0 Å². The highest BCUT2D eigenvalue weighted by molar-refractivity contribution is 6.12. The zero-order valence-electron chi connectivity index (χ0n) is 36.8. The van der Waals surface area contributed by atoms with Crippen molar-refractivity contribution in [2.24, 2.45) is 5.92 Å². The van der Waals surface area contributed by atoms with Crippen molar-refractivity contribution < 1.29 is 43.5 Å². The number of aryl methyl sites for hydroxylation is 2. The van der Waals surface area contributed by atoms with Crippen LogP contribution in [0.1, 0.15) is 91.3 Å². The monoisotopic (exact) mass is 906 g/mol. The predicted octanol–water partition coefficient (Wildman–Crippen LogP) is 1.83. The number of carbonyl (C=O) groups is 8. The molecule has 21 nitrogen and oxygen atoms in total. The topological polar surface area (TPSA) is 324 Å². The minimum atomic E-state index is -1.22. The summed E-state index contributed by atoms with van der Waals surface area (Å²) in [5.74, 6) is -4.47. The molecular formula is C45H54N12O9. The summed E-state index contributed by atoms with van der Waals surface area (Å²) in [6.07, 6.45) is 7.20. The molecule has 1 aliphatic heterocycles. The largest absolute Gasteiger partial charge is 0.480 e. The molecule has 2 aromatic carbocycles. The molecule has 348 valence electrons. The maximum Gasteiger partial charge on any atom is 0.326 e. The number of nitrogen functional groups attached to an aromatic ring is 2. The van der Waals surface area contributed by atoms with Crippen LogP contribution in [0.3, 0.4) is 0 Å². The first-order chi connectivity index (χ1) is 31.5. The Hall–Kier alpha value is -7.84. The smallest absolute Gasteiger partial charge is 0.326 e. The number of imide groups is 1. The number of rotatable bonds is 23. The summed E-state index contributed by atoms with van der Waals surface area (Å²) in [5.41, 5.74) is 14.7. The van der Waals surface area contributed by atoms with E-state index in [1.54, 1.807) is 44.3 Å². The Kier molecular flexibility index (Phi) is 17.3. The number of nitrogens with one attached hydrogen (secondary N) is 5. The minimum absolute atomic E-state index is 0.00800. The first-order valence-electron chi connectivity index (χ1n) is 21.5. The molecule has 21 heteroatoms. The highest BCUT2D eigenvalue weighted by Crippen LogP contribution is 2.17. The van der Waals surface area contributed by atoms with Crippen LogP contribution >= 0.6 is 0 Å². The Morgan fingerprint density at radius 3 is 2.08 bits per heavy atom. The van der Waals surface area contributed by atoms with Crippen LogP contribution in [-0.2, 0) is 41.6 Å². The number of carbonyl (C=O) groups excluding carboxylic acids is 7. The highest BCUT2D eigenvalue weighted by Gasteiger charge is 2.28. The molecule has 0 fully saturated rings. The Morgan fingerprint density at radius 2 is 1.41 bits per heavy atom. The van der Waals surface area contributed by atoms with E-state index in [2.05, 4.69) is 46.5 Å². The number of carboxylic acids is 1. The predicted molar refractivity (Wildman–Crippen MR) is 242 cm³/mol. The number of anilines is 3. The van der Waals surface area contributed by atoms with Crippen molar-refractivity contribution in [2.75, 3.05) is 29.9 Å². The average Bonchev–Trinajstić information content (AvgIpc) is 3.60. The fourth-order valence-electron chi connectivity index (χ4n) is 6.80. The lowest BCUT2D eigenvalue weighted by Crippen LogP contribution is -2.53. The molecule has 0 saturated heterocycles. The molecule has 7 amide bonds. The number of nitrogens with two attached hydrogens (primary N) is 2. The molecule has 2 aromatic heterocycles. The Morgan fingerprint density at radius 1 is 0.742 bits per heavy atom. The number of nitrogens with zero attached hydrogens (tertiary/aromatic N) is 5. The quantitative estimate of drug-likeness (QED) is 0.0389. The number of hydrogen-bond donors (Lipinski definition) is 8. The zero-order valence-corrected chi connectivity index (χ0v) is 36.8. The number of carboxylic acid groups (broad SMARTS) is 1. The molecule has 66 heavy (non-hydrogen) atoms. The van der Waals surface area contributed by atoms with Gasteiger partial charge in [0.1, 0.15) is 18.1 Å². The fourth-order valence-corrected chi connectivity index (χ4v) is 6.80. The van der Waals surface area contributed by atoms with Gasteiger partial charge in [-0.3, -0.25) is 38.5 Å². The molecule has 0 aliphatic carbocycles. The minimum Gasteiger partial charge on any atom is -0.480 e. The van der Waals surface area contributed by atoms with E-state index in [9.17, 15) is 43.5 Å². The number of aromatic nitrogens is 4. The summed E-state index contributed by atoms with van der Waals surface area (Å²) >= 11 is 0. The molecule has 5 rings (SSSR count). The van der Waals surface area contributed by atoms with Gasteiger partial charge in [-0.2, -0.15) is 9.97 Å². The van der Waals surface area contributed by atoms with Crippen LogP contribution in [0.25, 0.3) is 11.2 Å². The molecule has 3 atom stereocenters. The van der Waals surface area contributed by atoms with E-state index in [4.69, 9.17) is 11.5 Å². The van der Waals surface area contributed by atoms with Gasteiger partial charge in [-0.15, -0.1) is 0 Å². The average molecular weight is 907 g/mol. The molecule has 1 aliphatic rings. The lowest BCUT2D eigenvalue weighted by atomic mass is 10.0. The van der Waals surface area contributed by atoms with E-state index >= 15 is 0 Å². The Bertz CT molecular complexity index is 2460. The molecule has 0 bridgehead atoms. The van der Waals surface area contributed by atoms with E-state index in [-0.39, 0.29) is 78.9 Å². The summed E-state index contributed by atoms with van der Waals surface area (Å²) < 4.78 is 0. The third kappa shape index (κ3) is 14.1. The number of benzene rings is 2. The van der Waals surface area contributed by atoms with Gasteiger partial charge < -0.3 is 43.2 Å². The lowest BCUT2D eigenvalue weighted by molar-refractivity contribution is -0.139. The summed E-state index contributed by atoms with van der Waals surface area (Å²) in [5, 5.41) is 23.1. The van der Waals surface area contributed by atoms with E-state index in [1.165, 1.54) is 43.3 Å². The van der Waals surface area contributed by atoms with Gasteiger partial charge in [0, 0.05) is 48.5 Å². The second kappa shape index (κ2) is 23.2.